The van der Waals surface area contributed by atoms with E-state index in [4.69, 9.17) is 4.74 Å². The third-order valence-electron chi connectivity index (χ3n) is 3.76. The van der Waals surface area contributed by atoms with Gasteiger partial charge in [-0.25, -0.2) is 4.98 Å². The summed E-state index contributed by atoms with van der Waals surface area (Å²) in [5, 5.41) is 13.0. The molecule has 0 aliphatic carbocycles. The van der Waals surface area contributed by atoms with Gasteiger partial charge < -0.3 is 9.72 Å². The number of hydrogen-bond acceptors (Lipinski definition) is 7. The Morgan fingerprint density at radius 3 is 2.77 bits per heavy atom. The smallest absolute Gasteiger partial charge is 0.258 e. The molecule has 2 heterocycles. The third-order valence-corrected chi connectivity index (χ3v) is 4.69. The van der Waals surface area contributed by atoms with Crippen LogP contribution in [0, 0.1) is 0 Å². The molecule has 26 heavy (non-hydrogen) atoms. The van der Waals surface area contributed by atoms with Gasteiger partial charge in [-0.3, -0.25) is 4.79 Å². The van der Waals surface area contributed by atoms with E-state index in [0.29, 0.717) is 27.6 Å². The van der Waals surface area contributed by atoms with Crippen molar-refractivity contribution in [1.29, 1.82) is 0 Å². The summed E-state index contributed by atoms with van der Waals surface area (Å²) in [6.45, 7) is 0. The second-order valence-corrected chi connectivity index (χ2v) is 6.33. The number of ether oxygens (including phenoxy) is 1. The van der Waals surface area contributed by atoms with E-state index < -0.39 is 0 Å². The molecule has 0 amide bonds. The number of aromatic nitrogens is 6. The fraction of sp³-hybridized carbons (Fsp3) is 0.118. The summed E-state index contributed by atoms with van der Waals surface area (Å²) < 4.78 is 6.79. The monoisotopic (exact) mass is 366 g/mol. The molecule has 0 spiro atoms. The molecule has 2 aromatic heterocycles. The number of H-pyrrole nitrogens is 1. The van der Waals surface area contributed by atoms with Crippen molar-refractivity contribution in [2.45, 2.75) is 10.9 Å². The molecule has 0 unspecified atom stereocenters. The fourth-order valence-corrected chi connectivity index (χ4v) is 3.25. The molecule has 0 radical (unpaired) electrons. The van der Waals surface area contributed by atoms with Crippen molar-refractivity contribution < 1.29 is 4.74 Å². The molecule has 0 saturated carbocycles. The van der Waals surface area contributed by atoms with Crippen molar-refractivity contribution in [2.75, 3.05) is 7.11 Å². The first kappa shape index (κ1) is 16.3. The highest BCUT2D eigenvalue weighted by atomic mass is 32.2. The van der Waals surface area contributed by atoms with Gasteiger partial charge in [0.1, 0.15) is 11.6 Å². The Labute approximate surface area is 152 Å². The van der Waals surface area contributed by atoms with Crippen LogP contribution in [0.1, 0.15) is 5.82 Å². The first-order valence-corrected chi connectivity index (χ1v) is 8.77. The lowest BCUT2D eigenvalue weighted by Crippen LogP contribution is -2.11. The first-order chi connectivity index (χ1) is 12.7. The van der Waals surface area contributed by atoms with Gasteiger partial charge in [-0.2, -0.15) is 4.68 Å². The zero-order valence-corrected chi connectivity index (χ0v) is 14.6. The van der Waals surface area contributed by atoms with Crippen LogP contribution in [0.25, 0.3) is 16.6 Å². The average molecular weight is 366 g/mol. The summed E-state index contributed by atoms with van der Waals surface area (Å²) in [7, 11) is 1.62. The standard InChI is InChI=1S/C17H14N6O2S/c1-25-12-8-6-11(7-9-12)23-17(20-21-22-23)26-10-15-18-14-5-3-2-4-13(14)16(24)19-15/h2-9H,10H2,1H3,(H,18,19,24). The lowest BCUT2D eigenvalue weighted by molar-refractivity contribution is 0.414. The van der Waals surface area contributed by atoms with E-state index in [1.165, 1.54) is 11.8 Å². The van der Waals surface area contributed by atoms with Crippen LogP contribution in [0.4, 0.5) is 0 Å². The van der Waals surface area contributed by atoms with Crippen molar-refractivity contribution in [1.82, 2.24) is 30.2 Å². The van der Waals surface area contributed by atoms with Crippen LogP contribution in [0.15, 0.2) is 58.5 Å². The molecule has 0 aliphatic rings. The Kier molecular flexibility index (Phi) is 4.36. The predicted octanol–water partition coefficient (Wildman–Crippen LogP) is 2.20. The van der Waals surface area contributed by atoms with Gasteiger partial charge in [-0.05, 0) is 46.8 Å². The molecule has 4 aromatic rings. The first-order valence-electron chi connectivity index (χ1n) is 7.78. The molecular weight excluding hydrogens is 352 g/mol. The molecule has 0 bridgehead atoms. The summed E-state index contributed by atoms with van der Waals surface area (Å²) >= 11 is 1.39. The van der Waals surface area contributed by atoms with Crippen LogP contribution in [0.3, 0.4) is 0 Å². The number of aromatic amines is 1. The van der Waals surface area contributed by atoms with Gasteiger partial charge in [-0.15, -0.1) is 5.10 Å². The van der Waals surface area contributed by atoms with Gasteiger partial charge in [0, 0.05) is 0 Å². The number of rotatable bonds is 5. The third kappa shape index (κ3) is 3.16. The van der Waals surface area contributed by atoms with E-state index >= 15 is 0 Å². The molecule has 4 rings (SSSR count). The van der Waals surface area contributed by atoms with Crippen molar-refractivity contribution in [3.05, 3.63) is 64.7 Å². The van der Waals surface area contributed by atoms with Crippen LogP contribution in [-0.2, 0) is 5.75 Å². The molecule has 0 saturated heterocycles. The van der Waals surface area contributed by atoms with Crippen molar-refractivity contribution in [2.24, 2.45) is 0 Å². The molecule has 9 heteroatoms. The molecule has 0 atom stereocenters. The lowest BCUT2D eigenvalue weighted by atomic mass is 10.2. The minimum Gasteiger partial charge on any atom is -0.497 e. The predicted molar refractivity (Wildman–Crippen MR) is 97.6 cm³/mol. The highest BCUT2D eigenvalue weighted by molar-refractivity contribution is 7.98. The minimum absolute atomic E-state index is 0.152. The maximum atomic E-state index is 12.1. The number of nitrogens with zero attached hydrogens (tertiary/aromatic N) is 5. The number of fused-ring (bicyclic) bond motifs is 1. The summed E-state index contributed by atoms with van der Waals surface area (Å²) in [5.74, 6) is 1.77. The number of nitrogens with one attached hydrogen (secondary N) is 1. The average Bonchev–Trinajstić information content (AvgIpc) is 3.15. The normalized spacial score (nSPS) is 11.0. The molecule has 0 aliphatic heterocycles. The summed E-state index contributed by atoms with van der Waals surface area (Å²) in [5.41, 5.74) is 1.33. The van der Waals surface area contributed by atoms with E-state index in [-0.39, 0.29) is 5.56 Å². The van der Waals surface area contributed by atoms with Gasteiger partial charge in [0.15, 0.2) is 0 Å². The van der Waals surface area contributed by atoms with Gasteiger partial charge in [0.05, 0.1) is 29.5 Å². The van der Waals surface area contributed by atoms with E-state index in [1.54, 1.807) is 17.9 Å². The molecule has 1 N–H and O–H groups in total. The second-order valence-electron chi connectivity index (χ2n) is 5.39. The van der Waals surface area contributed by atoms with Crippen LogP contribution in [-0.4, -0.2) is 37.3 Å². The van der Waals surface area contributed by atoms with Gasteiger partial charge in [0.25, 0.3) is 5.56 Å². The molecular formula is C17H14N6O2S. The molecule has 2 aromatic carbocycles. The lowest BCUT2D eigenvalue weighted by Gasteiger charge is -2.06. The topological polar surface area (TPSA) is 98.6 Å². The van der Waals surface area contributed by atoms with Crippen LogP contribution >= 0.6 is 11.8 Å². The number of para-hydroxylation sites is 1. The Bertz CT molecular complexity index is 1110. The Morgan fingerprint density at radius 1 is 1.15 bits per heavy atom. The highest BCUT2D eigenvalue weighted by Crippen LogP contribution is 2.22. The van der Waals surface area contributed by atoms with Gasteiger partial charge in [0.2, 0.25) is 5.16 Å². The van der Waals surface area contributed by atoms with Crippen molar-refractivity contribution >= 4 is 22.7 Å². The molecule has 0 fully saturated rings. The Morgan fingerprint density at radius 2 is 1.96 bits per heavy atom. The van der Waals surface area contributed by atoms with E-state index in [9.17, 15) is 4.79 Å². The Hall–Kier alpha value is -3.20. The van der Waals surface area contributed by atoms with E-state index in [0.717, 1.165) is 11.4 Å². The maximum Gasteiger partial charge on any atom is 0.258 e. The highest BCUT2D eigenvalue weighted by Gasteiger charge is 2.11. The molecule has 130 valence electrons. The fourth-order valence-electron chi connectivity index (χ4n) is 2.49. The SMILES string of the molecule is COc1ccc(-n2nnnc2SCc2nc3ccccc3c(=O)[nH]2)cc1. The maximum absolute atomic E-state index is 12.1. The van der Waals surface area contributed by atoms with E-state index in [2.05, 4.69) is 25.5 Å². The largest absolute Gasteiger partial charge is 0.497 e. The van der Waals surface area contributed by atoms with Gasteiger partial charge in [-0.1, -0.05) is 23.9 Å². The second kappa shape index (κ2) is 6.96. The molecule has 8 nitrogen and oxygen atoms in total. The summed E-state index contributed by atoms with van der Waals surface area (Å²) in [6.07, 6.45) is 0. The van der Waals surface area contributed by atoms with Crippen LogP contribution in [0.2, 0.25) is 0 Å². The zero-order chi connectivity index (χ0) is 17.9. The minimum atomic E-state index is -0.152. The summed E-state index contributed by atoms with van der Waals surface area (Å²) in [4.78, 5) is 19.4. The number of benzene rings is 2. The van der Waals surface area contributed by atoms with Crippen molar-refractivity contribution in [3.8, 4) is 11.4 Å². The number of methoxy groups -OCH3 is 1. The van der Waals surface area contributed by atoms with Crippen LogP contribution in [0.5, 0.6) is 5.75 Å². The Balaban J connectivity index is 1.57. The van der Waals surface area contributed by atoms with E-state index in [1.807, 2.05) is 42.5 Å². The number of thioether (sulfide) groups is 1. The van der Waals surface area contributed by atoms with Crippen molar-refractivity contribution in [3.63, 3.8) is 0 Å². The summed E-state index contributed by atoms with van der Waals surface area (Å²) in [6, 6.07) is 14.7. The number of hydrogen-bond donors (Lipinski definition) is 1. The quantitative estimate of drug-likeness (QED) is 0.541. The van der Waals surface area contributed by atoms with Crippen LogP contribution < -0.4 is 10.3 Å². The van der Waals surface area contributed by atoms with Gasteiger partial charge >= 0.3 is 0 Å². The number of tetrazole rings is 1. The zero-order valence-electron chi connectivity index (χ0n) is 13.8.